The number of thioether (sulfide) groups is 1. The van der Waals surface area contributed by atoms with Crippen molar-refractivity contribution in [2.45, 2.75) is 38.4 Å². The van der Waals surface area contributed by atoms with E-state index in [2.05, 4.69) is 18.1 Å². The molecule has 0 amide bonds. The minimum atomic E-state index is -4.35. The molecule has 1 atom stereocenters. The first-order valence-corrected chi connectivity index (χ1v) is 9.70. The zero-order valence-corrected chi connectivity index (χ0v) is 15.1. The quantitative estimate of drug-likeness (QED) is 0.826. The molecule has 1 aliphatic heterocycles. The average Bonchev–Trinajstić information content (AvgIpc) is 2.55. The maximum atomic E-state index is 13.2. The molecule has 1 unspecified atom stereocenters. The summed E-state index contributed by atoms with van der Waals surface area (Å²) in [5.41, 5.74) is -0.725. The zero-order valence-electron chi connectivity index (χ0n) is 14.3. The molecule has 1 aliphatic rings. The van der Waals surface area contributed by atoms with Gasteiger partial charge in [0.1, 0.15) is 0 Å². The molecule has 2 nitrogen and oxygen atoms in total. The van der Waals surface area contributed by atoms with E-state index in [9.17, 15) is 18.3 Å². The normalized spacial score (nSPS) is 20.1. The second kappa shape index (κ2) is 8.11. The van der Waals surface area contributed by atoms with Crippen LogP contribution in [0.2, 0.25) is 0 Å². The third kappa shape index (κ3) is 4.67. The van der Waals surface area contributed by atoms with Gasteiger partial charge >= 0.3 is 6.18 Å². The third-order valence-electron chi connectivity index (χ3n) is 5.11. The third-order valence-corrected chi connectivity index (χ3v) is 5.93. The van der Waals surface area contributed by atoms with Gasteiger partial charge in [0.05, 0.1) is 5.56 Å². The van der Waals surface area contributed by atoms with Gasteiger partial charge in [0, 0.05) is 18.4 Å². The fraction of sp³-hybridized carbons (Fsp3) is 0.667. The number of hydrogen-bond donors (Lipinski definition) is 1. The fourth-order valence-corrected chi connectivity index (χ4v) is 4.22. The lowest BCUT2D eigenvalue weighted by atomic mass is 9.73. The van der Waals surface area contributed by atoms with E-state index >= 15 is 0 Å². The number of aliphatic hydroxyl groups is 1. The van der Waals surface area contributed by atoms with Crippen molar-refractivity contribution in [3.05, 3.63) is 35.4 Å². The second-order valence-electron chi connectivity index (χ2n) is 6.83. The first-order valence-electron chi connectivity index (χ1n) is 8.30. The lowest BCUT2D eigenvalue weighted by Gasteiger charge is -2.43. The highest BCUT2D eigenvalue weighted by Crippen LogP contribution is 2.39. The van der Waals surface area contributed by atoms with Crippen LogP contribution >= 0.6 is 11.8 Å². The first kappa shape index (κ1) is 19.6. The first-order chi connectivity index (χ1) is 11.3. The van der Waals surface area contributed by atoms with E-state index in [0.29, 0.717) is 11.6 Å². The molecule has 1 aromatic carbocycles. The molecule has 0 aromatic heterocycles. The Morgan fingerprint density at radius 2 is 1.88 bits per heavy atom. The largest absolute Gasteiger partial charge is 0.416 e. The van der Waals surface area contributed by atoms with E-state index in [1.54, 1.807) is 23.9 Å². The molecule has 1 heterocycles. The van der Waals surface area contributed by atoms with Crippen LogP contribution in [-0.4, -0.2) is 47.8 Å². The molecule has 1 saturated heterocycles. The predicted octanol–water partition coefficient (Wildman–Crippen LogP) is 4.07. The van der Waals surface area contributed by atoms with Gasteiger partial charge in [-0.25, -0.2) is 0 Å². The van der Waals surface area contributed by atoms with Crippen molar-refractivity contribution < 1.29 is 18.3 Å². The van der Waals surface area contributed by atoms with Gasteiger partial charge in [-0.1, -0.05) is 18.2 Å². The monoisotopic (exact) mass is 361 g/mol. The standard InChI is InChI=1S/C18H26F3NOS/c1-14(12-24-2)22-9-7-17(13-23,8-10-22)11-15-5-3-4-6-16(15)18(19,20)21/h3-6,14,23H,7-13H2,1-2H3. The molecule has 136 valence electrons. The van der Waals surface area contributed by atoms with Gasteiger partial charge < -0.3 is 5.11 Å². The van der Waals surface area contributed by atoms with E-state index in [4.69, 9.17) is 0 Å². The Morgan fingerprint density at radius 3 is 2.42 bits per heavy atom. The van der Waals surface area contributed by atoms with E-state index in [0.717, 1.165) is 37.8 Å². The summed E-state index contributed by atoms with van der Waals surface area (Å²) in [4.78, 5) is 2.38. The van der Waals surface area contributed by atoms with E-state index in [-0.39, 0.29) is 13.0 Å². The Labute approximate surface area is 146 Å². The van der Waals surface area contributed by atoms with E-state index < -0.39 is 17.2 Å². The molecule has 0 saturated carbocycles. The molecule has 0 radical (unpaired) electrons. The fourth-order valence-electron chi connectivity index (χ4n) is 3.53. The summed E-state index contributed by atoms with van der Waals surface area (Å²) >= 11 is 1.80. The van der Waals surface area contributed by atoms with Crippen LogP contribution in [0.25, 0.3) is 0 Å². The molecule has 1 aromatic rings. The van der Waals surface area contributed by atoms with Crippen molar-refractivity contribution in [1.82, 2.24) is 4.90 Å². The van der Waals surface area contributed by atoms with Crippen LogP contribution in [0.3, 0.4) is 0 Å². The summed E-state index contributed by atoms with van der Waals surface area (Å²) in [6.07, 6.45) is -0.528. The number of hydrogen-bond acceptors (Lipinski definition) is 3. The highest BCUT2D eigenvalue weighted by atomic mass is 32.2. The molecule has 2 rings (SSSR count). The number of halogens is 3. The smallest absolute Gasteiger partial charge is 0.396 e. The number of piperidine rings is 1. The molecule has 1 fully saturated rings. The maximum absolute atomic E-state index is 13.2. The Bertz CT molecular complexity index is 527. The van der Waals surface area contributed by atoms with Crippen LogP contribution in [0.4, 0.5) is 13.2 Å². The summed E-state index contributed by atoms with van der Waals surface area (Å²) in [7, 11) is 0. The van der Waals surface area contributed by atoms with Crippen molar-refractivity contribution in [1.29, 1.82) is 0 Å². The Kier molecular flexibility index (Phi) is 6.62. The predicted molar refractivity (Wildman–Crippen MR) is 93.3 cm³/mol. The van der Waals surface area contributed by atoms with Crippen molar-refractivity contribution >= 4 is 11.8 Å². The number of likely N-dealkylation sites (tertiary alicyclic amines) is 1. The van der Waals surface area contributed by atoms with Gasteiger partial charge in [-0.2, -0.15) is 24.9 Å². The summed E-state index contributed by atoms with van der Waals surface area (Å²) in [5.74, 6) is 1.04. The van der Waals surface area contributed by atoms with Gasteiger partial charge in [0.25, 0.3) is 0 Å². The molecule has 0 aliphatic carbocycles. The lowest BCUT2D eigenvalue weighted by molar-refractivity contribution is -0.138. The summed E-state index contributed by atoms with van der Waals surface area (Å²) in [5, 5.41) is 9.92. The Hall–Kier alpha value is -0.720. The average molecular weight is 361 g/mol. The molecule has 24 heavy (non-hydrogen) atoms. The van der Waals surface area contributed by atoms with Crippen LogP contribution in [0, 0.1) is 5.41 Å². The molecular formula is C18H26F3NOS. The molecule has 0 bridgehead atoms. The van der Waals surface area contributed by atoms with E-state index in [1.807, 2.05) is 0 Å². The number of alkyl halides is 3. The van der Waals surface area contributed by atoms with Crippen LogP contribution < -0.4 is 0 Å². The Morgan fingerprint density at radius 1 is 1.25 bits per heavy atom. The number of aliphatic hydroxyl groups excluding tert-OH is 1. The minimum absolute atomic E-state index is 0.0655. The second-order valence-corrected chi connectivity index (χ2v) is 7.74. The minimum Gasteiger partial charge on any atom is -0.396 e. The van der Waals surface area contributed by atoms with Crippen LogP contribution in [0.1, 0.15) is 30.9 Å². The van der Waals surface area contributed by atoms with Gasteiger partial charge in [-0.05, 0) is 62.6 Å². The lowest BCUT2D eigenvalue weighted by Crippen LogP contribution is -2.47. The highest BCUT2D eigenvalue weighted by molar-refractivity contribution is 7.98. The van der Waals surface area contributed by atoms with Crippen molar-refractivity contribution in [2.75, 3.05) is 31.7 Å². The zero-order chi connectivity index (χ0) is 17.8. The van der Waals surface area contributed by atoms with Crippen LogP contribution in [-0.2, 0) is 12.6 Å². The number of nitrogens with zero attached hydrogens (tertiary/aromatic N) is 1. The molecule has 0 spiro atoms. The summed E-state index contributed by atoms with van der Waals surface area (Å²) in [6.45, 7) is 3.78. The van der Waals surface area contributed by atoms with Gasteiger partial charge in [-0.15, -0.1) is 0 Å². The Balaban J connectivity index is 2.11. The molecule has 1 N–H and O–H groups in total. The van der Waals surface area contributed by atoms with Gasteiger partial charge in [0.15, 0.2) is 0 Å². The van der Waals surface area contributed by atoms with Crippen LogP contribution in [0.15, 0.2) is 24.3 Å². The summed E-state index contributed by atoms with van der Waals surface area (Å²) < 4.78 is 39.6. The number of rotatable bonds is 6. The van der Waals surface area contributed by atoms with Crippen molar-refractivity contribution in [2.24, 2.45) is 5.41 Å². The maximum Gasteiger partial charge on any atom is 0.416 e. The van der Waals surface area contributed by atoms with Crippen molar-refractivity contribution in [3.8, 4) is 0 Å². The van der Waals surface area contributed by atoms with Crippen molar-refractivity contribution in [3.63, 3.8) is 0 Å². The van der Waals surface area contributed by atoms with Crippen LogP contribution in [0.5, 0.6) is 0 Å². The van der Waals surface area contributed by atoms with Gasteiger partial charge in [-0.3, -0.25) is 4.90 Å². The SMILES string of the molecule is CSCC(C)N1CCC(CO)(Cc2ccccc2C(F)(F)F)CC1. The topological polar surface area (TPSA) is 23.5 Å². The van der Waals surface area contributed by atoms with E-state index in [1.165, 1.54) is 6.07 Å². The number of benzene rings is 1. The van der Waals surface area contributed by atoms with Gasteiger partial charge in [0.2, 0.25) is 0 Å². The highest BCUT2D eigenvalue weighted by Gasteiger charge is 2.39. The molecule has 6 heteroatoms. The molecular weight excluding hydrogens is 335 g/mol. The summed E-state index contributed by atoms with van der Waals surface area (Å²) in [6, 6.07) is 6.20.